The van der Waals surface area contributed by atoms with Crippen LogP contribution in [0.1, 0.15) is 52.5 Å². The summed E-state index contributed by atoms with van der Waals surface area (Å²) >= 11 is 0. The molecule has 1 aromatic rings. The third-order valence-electron chi connectivity index (χ3n) is 4.56. The van der Waals surface area contributed by atoms with E-state index in [1.165, 1.54) is 5.57 Å². The first-order valence-corrected chi connectivity index (χ1v) is 8.23. The monoisotopic (exact) mass is 317 g/mol. The van der Waals surface area contributed by atoms with Gasteiger partial charge in [-0.25, -0.2) is 4.79 Å². The SMILES string of the molecule is CCCCC(Oc1ccc2c(c1)C(C)=CC(C)(C)N2C)C(=O)O. The number of fused-ring (bicyclic) bond motifs is 1. The van der Waals surface area contributed by atoms with Gasteiger partial charge in [0.25, 0.3) is 0 Å². The first-order valence-electron chi connectivity index (χ1n) is 8.23. The Labute approximate surface area is 138 Å². The van der Waals surface area contributed by atoms with Crippen molar-refractivity contribution in [1.82, 2.24) is 0 Å². The average Bonchev–Trinajstić information content (AvgIpc) is 2.48. The van der Waals surface area contributed by atoms with Gasteiger partial charge in [-0.05, 0) is 57.4 Å². The second-order valence-corrected chi connectivity index (χ2v) is 6.81. The van der Waals surface area contributed by atoms with E-state index in [2.05, 4.69) is 38.8 Å². The van der Waals surface area contributed by atoms with Crippen LogP contribution in [-0.2, 0) is 4.79 Å². The highest BCUT2D eigenvalue weighted by molar-refractivity contribution is 5.82. The lowest BCUT2D eigenvalue weighted by Gasteiger charge is -2.40. The predicted octanol–water partition coefficient (Wildman–Crippen LogP) is 4.34. The van der Waals surface area contributed by atoms with Gasteiger partial charge in [-0.3, -0.25) is 0 Å². The van der Waals surface area contributed by atoms with Gasteiger partial charge in [0.2, 0.25) is 0 Å². The predicted molar refractivity (Wildman–Crippen MR) is 94.2 cm³/mol. The molecule has 1 aromatic carbocycles. The summed E-state index contributed by atoms with van der Waals surface area (Å²) in [5, 5.41) is 9.32. The molecular weight excluding hydrogens is 290 g/mol. The van der Waals surface area contributed by atoms with Gasteiger partial charge in [-0.1, -0.05) is 19.4 Å². The number of benzene rings is 1. The van der Waals surface area contributed by atoms with E-state index in [1.54, 1.807) is 0 Å². The normalized spacial score (nSPS) is 17.3. The highest BCUT2D eigenvalue weighted by Gasteiger charge is 2.29. The first kappa shape index (κ1) is 17.4. The molecule has 1 heterocycles. The fraction of sp³-hybridized carbons (Fsp3) is 0.526. The molecule has 0 bridgehead atoms. The summed E-state index contributed by atoms with van der Waals surface area (Å²) in [5.41, 5.74) is 3.39. The van der Waals surface area contributed by atoms with E-state index in [1.807, 2.05) is 25.1 Å². The second-order valence-electron chi connectivity index (χ2n) is 6.81. The lowest BCUT2D eigenvalue weighted by atomic mass is 9.89. The summed E-state index contributed by atoms with van der Waals surface area (Å²) in [7, 11) is 2.07. The van der Waals surface area contributed by atoms with Crippen LogP contribution in [0.15, 0.2) is 24.3 Å². The van der Waals surface area contributed by atoms with Crippen molar-refractivity contribution in [3.63, 3.8) is 0 Å². The third-order valence-corrected chi connectivity index (χ3v) is 4.56. The lowest BCUT2D eigenvalue weighted by molar-refractivity contribution is -0.145. The fourth-order valence-corrected chi connectivity index (χ4v) is 3.00. The molecule has 23 heavy (non-hydrogen) atoms. The molecule has 4 heteroatoms. The van der Waals surface area contributed by atoms with E-state index in [4.69, 9.17) is 4.74 Å². The molecule has 1 N–H and O–H groups in total. The molecule has 0 aliphatic carbocycles. The highest BCUT2D eigenvalue weighted by atomic mass is 16.5. The number of hydrogen-bond acceptors (Lipinski definition) is 3. The van der Waals surface area contributed by atoms with Crippen LogP contribution in [0.25, 0.3) is 5.57 Å². The topological polar surface area (TPSA) is 49.8 Å². The smallest absolute Gasteiger partial charge is 0.344 e. The van der Waals surface area contributed by atoms with Gasteiger partial charge >= 0.3 is 5.97 Å². The zero-order valence-electron chi connectivity index (χ0n) is 14.7. The molecule has 0 fully saturated rings. The number of aliphatic carboxylic acids is 1. The number of carboxylic acid groups (broad SMARTS) is 1. The van der Waals surface area contributed by atoms with Gasteiger partial charge in [-0.15, -0.1) is 0 Å². The molecule has 1 unspecified atom stereocenters. The number of anilines is 1. The van der Waals surface area contributed by atoms with Crippen LogP contribution in [-0.4, -0.2) is 29.8 Å². The highest BCUT2D eigenvalue weighted by Crippen LogP contribution is 2.39. The van der Waals surface area contributed by atoms with Crippen molar-refractivity contribution in [1.29, 1.82) is 0 Å². The summed E-state index contributed by atoms with van der Waals surface area (Å²) in [6.07, 6.45) is 3.78. The number of unbranched alkanes of at least 4 members (excludes halogenated alkanes) is 1. The van der Waals surface area contributed by atoms with Gasteiger partial charge in [-0.2, -0.15) is 0 Å². The Bertz CT molecular complexity index is 619. The molecular formula is C19H27NO3. The van der Waals surface area contributed by atoms with Crippen LogP contribution in [0, 0.1) is 0 Å². The van der Waals surface area contributed by atoms with Gasteiger partial charge in [0.05, 0.1) is 5.54 Å². The summed E-state index contributed by atoms with van der Waals surface area (Å²) in [6.45, 7) is 8.48. The van der Waals surface area contributed by atoms with Crippen LogP contribution in [0.5, 0.6) is 5.75 Å². The van der Waals surface area contributed by atoms with Crippen LogP contribution in [0.4, 0.5) is 5.69 Å². The molecule has 0 spiro atoms. The van der Waals surface area contributed by atoms with Crippen LogP contribution in [0.2, 0.25) is 0 Å². The number of hydrogen-bond donors (Lipinski definition) is 1. The van der Waals surface area contributed by atoms with Crippen molar-refractivity contribution in [3.05, 3.63) is 29.8 Å². The summed E-state index contributed by atoms with van der Waals surface area (Å²) in [5.74, 6) is -0.283. The van der Waals surface area contributed by atoms with Gasteiger partial charge in [0, 0.05) is 18.3 Å². The zero-order valence-corrected chi connectivity index (χ0v) is 14.7. The van der Waals surface area contributed by atoms with E-state index < -0.39 is 12.1 Å². The molecule has 1 aliphatic rings. The largest absolute Gasteiger partial charge is 0.479 e. The Morgan fingerprint density at radius 3 is 2.70 bits per heavy atom. The van der Waals surface area contributed by atoms with Gasteiger partial charge in [0.1, 0.15) is 5.75 Å². The number of carboxylic acids is 1. The molecule has 4 nitrogen and oxygen atoms in total. The Hall–Kier alpha value is -1.97. The summed E-state index contributed by atoms with van der Waals surface area (Å²) in [6, 6.07) is 5.84. The molecule has 0 saturated heterocycles. The molecule has 1 aliphatic heterocycles. The molecule has 2 rings (SSSR count). The minimum atomic E-state index is -0.901. The number of carbonyl (C=O) groups is 1. The Balaban J connectivity index is 2.28. The first-order chi connectivity index (χ1) is 10.8. The average molecular weight is 317 g/mol. The Morgan fingerprint density at radius 1 is 1.39 bits per heavy atom. The minimum absolute atomic E-state index is 0.0375. The number of allylic oxidation sites excluding steroid dienone is 1. The van der Waals surface area contributed by atoms with Gasteiger partial charge < -0.3 is 14.7 Å². The maximum absolute atomic E-state index is 11.4. The van der Waals surface area contributed by atoms with Crippen LogP contribution >= 0.6 is 0 Å². The summed E-state index contributed by atoms with van der Waals surface area (Å²) in [4.78, 5) is 13.6. The molecule has 0 saturated carbocycles. The Kier molecular flexibility index (Phi) is 5.03. The van der Waals surface area contributed by atoms with Crippen molar-refractivity contribution in [3.8, 4) is 5.75 Å². The van der Waals surface area contributed by atoms with Crippen LogP contribution < -0.4 is 9.64 Å². The maximum Gasteiger partial charge on any atom is 0.344 e. The molecule has 126 valence electrons. The molecule has 0 amide bonds. The fourth-order valence-electron chi connectivity index (χ4n) is 3.00. The van der Waals surface area contributed by atoms with Crippen molar-refractivity contribution in [2.75, 3.05) is 11.9 Å². The van der Waals surface area contributed by atoms with E-state index >= 15 is 0 Å². The van der Waals surface area contributed by atoms with Crippen molar-refractivity contribution in [2.45, 2.75) is 58.6 Å². The van der Waals surface area contributed by atoms with E-state index in [-0.39, 0.29) is 5.54 Å². The number of nitrogens with zero attached hydrogens (tertiary/aromatic N) is 1. The maximum atomic E-state index is 11.4. The van der Waals surface area contributed by atoms with Crippen molar-refractivity contribution in [2.24, 2.45) is 0 Å². The summed E-state index contributed by atoms with van der Waals surface area (Å²) < 4.78 is 5.73. The zero-order chi connectivity index (χ0) is 17.2. The Morgan fingerprint density at radius 2 is 2.09 bits per heavy atom. The van der Waals surface area contributed by atoms with Crippen LogP contribution in [0.3, 0.4) is 0 Å². The van der Waals surface area contributed by atoms with Gasteiger partial charge in [0.15, 0.2) is 6.10 Å². The van der Waals surface area contributed by atoms with E-state index in [0.717, 1.165) is 24.1 Å². The van der Waals surface area contributed by atoms with Crippen molar-refractivity contribution >= 4 is 17.2 Å². The second kappa shape index (κ2) is 6.65. The lowest BCUT2D eigenvalue weighted by Crippen LogP contribution is -2.42. The minimum Gasteiger partial charge on any atom is -0.479 e. The molecule has 1 atom stereocenters. The third kappa shape index (κ3) is 3.69. The van der Waals surface area contributed by atoms with E-state index in [9.17, 15) is 9.90 Å². The molecule has 0 radical (unpaired) electrons. The molecule has 0 aromatic heterocycles. The van der Waals surface area contributed by atoms with Crippen molar-refractivity contribution < 1.29 is 14.6 Å². The number of likely N-dealkylation sites (N-methyl/N-ethyl adjacent to an activating group) is 1. The van der Waals surface area contributed by atoms with E-state index in [0.29, 0.717) is 12.2 Å². The number of rotatable bonds is 6. The standard InChI is InChI=1S/C19H27NO3/c1-6-7-8-17(18(21)22)23-14-9-10-16-15(11-14)13(2)12-19(3,4)20(16)5/h9-12,17H,6-8H2,1-5H3,(H,21,22). The quantitative estimate of drug-likeness (QED) is 0.848. The number of ether oxygens (including phenoxy) is 1.